The third-order valence-electron chi connectivity index (χ3n) is 2.90. The molecule has 0 radical (unpaired) electrons. The smallest absolute Gasteiger partial charge is 0.340 e. The third kappa shape index (κ3) is 3.12. The molecule has 104 valence electrons. The zero-order valence-corrected chi connectivity index (χ0v) is 10.8. The maximum atomic E-state index is 13.1. The van der Waals surface area contributed by atoms with Crippen molar-refractivity contribution >= 4 is 11.7 Å². The van der Waals surface area contributed by atoms with Gasteiger partial charge < -0.3 is 10.5 Å². The molecule has 0 aliphatic carbocycles. The van der Waals surface area contributed by atoms with Crippen molar-refractivity contribution in [3.8, 4) is 0 Å². The first-order valence-corrected chi connectivity index (χ1v) is 5.94. The Balaban J connectivity index is 2.10. The minimum atomic E-state index is -0.675. The molecule has 0 bridgehead atoms. The number of aryl methyl sites for hydroxylation is 1. The topological polar surface area (TPSA) is 52.3 Å². The van der Waals surface area contributed by atoms with Gasteiger partial charge >= 0.3 is 5.97 Å². The van der Waals surface area contributed by atoms with Crippen molar-refractivity contribution in [3.05, 3.63) is 64.7 Å². The lowest BCUT2D eigenvalue weighted by molar-refractivity contribution is 0.0473. The van der Waals surface area contributed by atoms with E-state index in [1.54, 1.807) is 13.0 Å². The number of halogens is 2. The van der Waals surface area contributed by atoms with Crippen LogP contribution in [0, 0.1) is 18.6 Å². The summed E-state index contributed by atoms with van der Waals surface area (Å²) >= 11 is 0. The lowest BCUT2D eigenvalue weighted by atomic mass is 10.1. The second kappa shape index (κ2) is 5.69. The molecule has 5 heteroatoms. The van der Waals surface area contributed by atoms with Crippen LogP contribution in [0.25, 0.3) is 0 Å². The highest BCUT2D eigenvalue weighted by Gasteiger charge is 2.12. The summed E-state index contributed by atoms with van der Waals surface area (Å²) in [6, 6.07) is 7.66. The SMILES string of the molecule is Cc1ccc(F)cc1COC(=O)c1ccc(F)cc1N. The van der Waals surface area contributed by atoms with Gasteiger partial charge in [0.2, 0.25) is 0 Å². The Bertz CT molecular complexity index is 656. The van der Waals surface area contributed by atoms with Crippen LogP contribution in [-0.2, 0) is 11.3 Å². The third-order valence-corrected chi connectivity index (χ3v) is 2.90. The molecule has 0 amide bonds. The summed E-state index contributed by atoms with van der Waals surface area (Å²) < 4.78 is 31.0. The maximum Gasteiger partial charge on any atom is 0.340 e. The summed E-state index contributed by atoms with van der Waals surface area (Å²) in [7, 11) is 0. The molecule has 2 N–H and O–H groups in total. The summed E-state index contributed by atoms with van der Waals surface area (Å²) in [6.45, 7) is 1.72. The summed E-state index contributed by atoms with van der Waals surface area (Å²) in [6.07, 6.45) is 0. The molecule has 0 spiro atoms. The quantitative estimate of drug-likeness (QED) is 0.692. The van der Waals surface area contributed by atoms with Gasteiger partial charge in [0.15, 0.2) is 0 Å². The van der Waals surface area contributed by atoms with Crippen LogP contribution in [0.4, 0.5) is 14.5 Å². The van der Waals surface area contributed by atoms with E-state index in [0.29, 0.717) is 5.56 Å². The number of nitrogens with two attached hydrogens (primary N) is 1. The summed E-state index contributed by atoms with van der Waals surface area (Å²) in [4.78, 5) is 11.8. The number of nitrogen functional groups attached to an aromatic ring is 1. The van der Waals surface area contributed by atoms with Gasteiger partial charge in [0, 0.05) is 5.69 Å². The molecular formula is C15H13F2NO2. The molecular weight excluding hydrogens is 264 g/mol. The van der Waals surface area contributed by atoms with Gasteiger partial charge in [-0.1, -0.05) is 6.07 Å². The number of hydrogen-bond donors (Lipinski definition) is 1. The fourth-order valence-corrected chi connectivity index (χ4v) is 1.74. The molecule has 0 aliphatic heterocycles. The van der Waals surface area contributed by atoms with Gasteiger partial charge in [-0.15, -0.1) is 0 Å². The van der Waals surface area contributed by atoms with Gasteiger partial charge in [-0.2, -0.15) is 0 Å². The number of hydrogen-bond acceptors (Lipinski definition) is 3. The minimum Gasteiger partial charge on any atom is -0.457 e. The Hall–Kier alpha value is -2.43. The Labute approximate surface area is 115 Å². The van der Waals surface area contributed by atoms with Crippen LogP contribution in [0.3, 0.4) is 0 Å². The van der Waals surface area contributed by atoms with Crippen LogP contribution in [0.15, 0.2) is 36.4 Å². The van der Waals surface area contributed by atoms with Crippen molar-refractivity contribution in [2.45, 2.75) is 13.5 Å². The van der Waals surface area contributed by atoms with E-state index < -0.39 is 17.6 Å². The predicted octanol–water partition coefficient (Wildman–Crippen LogP) is 3.21. The first-order valence-electron chi connectivity index (χ1n) is 5.94. The van der Waals surface area contributed by atoms with Gasteiger partial charge in [-0.25, -0.2) is 13.6 Å². The van der Waals surface area contributed by atoms with Crippen molar-refractivity contribution in [1.29, 1.82) is 0 Å². The second-order valence-corrected chi connectivity index (χ2v) is 4.38. The summed E-state index contributed by atoms with van der Waals surface area (Å²) in [5.41, 5.74) is 7.01. The normalized spacial score (nSPS) is 10.3. The lowest BCUT2D eigenvalue weighted by Gasteiger charge is -2.09. The minimum absolute atomic E-state index is 0.00552. The standard InChI is InChI=1S/C15H13F2NO2/c1-9-2-3-11(16)6-10(9)8-20-15(19)13-5-4-12(17)7-14(13)18/h2-7H,8,18H2,1H3. The van der Waals surface area contributed by atoms with Gasteiger partial charge in [0.05, 0.1) is 5.56 Å². The van der Waals surface area contributed by atoms with Gasteiger partial charge in [0.25, 0.3) is 0 Å². The molecule has 0 aliphatic rings. The van der Waals surface area contributed by atoms with Gasteiger partial charge in [-0.05, 0) is 48.4 Å². The second-order valence-electron chi connectivity index (χ2n) is 4.38. The van der Waals surface area contributed by atoms with Crippen LogP contribution in [0.5, 0.6) is 0 Å². The van der Waals surface area contributed by atoms with E-state index in [9.17, 15) is 13.6 Å². The average Bonchev–Trinajstić information content (AvgIpc) is 2.39. The fraction of sp³-hybridized carbons (Fsp3) is 0.133. The fourth-order valence-electron chi connectivity index (χ4n) is 1.74. The zero-order valence-electron chi connectivity index (χ0n) is 10.8. The van der Waals surface area contributed by atoms with Crippen LogP contribution >= 0.6 is 0 Å². The summed E-state index contributed by atoms with van der Waals surface area (Å²) in [5, 5.41) is 0. The Kier molecular flexibility index (Phi) is 3.98. The van der Waals surface area contributed by atoms with Gasteiger partial charge in [-0.3, -0.25) is 0 Å². The van der Waals surface area contributed by atoms with E-state index in [4.69, 9.17) is 10.5 Å². The van der Waals surface area contributed by atoms with E-state index >= 15 is 0 Å². The van der Waals surface area contributed by atoms with E-state index in [-0.39, 0.29) is 17.9 Å². The first kappa shape index (κ1) is 14.0. The molecule has 2 aromatic carbocycles. The van der Waals surface area contributed by atoms with E-state index in [0.717, 1.165) is 17.7 Å². The number of esters is 1. The highest BCUT2D eigenvalue weighted by atomic mass is 19.1. The van der Waals surface area contributed by atoms with Crippen molar-refractivity contribution in [3.63, 3.8) is 0 Å². The largest absolute Gasteiger partial charge is 0.457 e. The highest BCUT2D eigenvalue weighted by Crippen LogP contribution is 2.17. The van der Waals surface area contributed by atoms with Crippen molar-refractivity contribution < 1.29 is 18.3 Å². The number of carbonyl (C=O) groups excluding carboxylic acids is 1. The van der Waals surface area contributed by atoms with Crippen LogP contribution in [0.2, 0.25) is 0 Å². The molecule has 0 saturated carbocycles. The molecule has 2 aromatic rings. The molecule has 0 unspecified atom stereocenters. The molecule has 0 fully saturated rings. The van der Waals surface area contributed by atoms with Crippen molar-refractivity contribution in [1.82, 2.24) is 0 Å². The molecule has 0 saturated heterocycles. The number of carbonyl (C=O) groups is 1. The number of anilines is 1. The van der Waals surface area contributed by atoms with Crippen molar-refractivity contribution in [2.24, 2.45) is 0 Å². The lowest BCUT2D eigenvalue weighted by Crippen LogP contribution is -2.09. The van der Waals surface area contributed by atoms with Crippen LogP contribution < -0.4 is 5.73 Å². The van der Waals surface area contributed by atoms with Crippen LogP contribution in [-0.4, -0.2) is 5.97 Å². The average molecular weight is 277 g/mol. The molecule has 0 aromatic heterocycles. The number of ether oxygens (including phenoxy) is 1. The van der Waals surface area contributed by atoms with Crippen molar-refractivity contribution in [2.75, 3.05) is 5.73 Å². The molecule has 2 rings (SSSR count). The Morgan fingerprint density at radius 2 is 1.80 bits per heavy atom. The molecule has 0 atom stereocenters. The molecule has 0 heterocycles. The molecule has 3 nitrogen and oxygen atoms in total. The monoisotopic (exact) mass is 277 g/mol. The maximum absolute atomic E-state index is 13.1. The number of rotatable bonds is 3. The van der Waals surface area contributed by atoms with E-state index in [1.807, 2.05) is 0 Å². The predicted molar refractivity (Wildman–Crippen MR) is 71.1 cm³/mol. The first-order chi connectivity index (χ1) is 9.47. The van der Waals surface area contributed by atoms with E-state index in [2.05, 4.69) is 0 Å². The Morgan fingerprint density at radius 3 is 2.50 bits per heavy atom. The van der Waals surface area contributed by atoms with E-state index in [1.165, 1.54) is 18.2 Å². The Morgan fingerprint density at radius 1 is 1.15 bits per heavy atom. The van der Waals surface area contributed by atoms with Crippen LogP contribution in [0.1, 0.15) is 21.5 Å². The number of benzene rings is 2. The highest BCUT2D eigenvalue weighted by molar-refractivity contribution is 5.95. The van der Waals surface area contributed by atoms with Gasteiger partial charge in [0.1, 0.15) is 18.2 Å². The zero-order chi connectivity index (χ0) is 14.7. The summed E-state index contributed by atoms with van der Waals surface area (Å²) in [5.74, 6) is -1.60. The molecule has 20 heavy (non-hydrogen) atoms.